The maximum atomic E-state index is 4.23. The van der Waals surface area contributed by atoms with Gasteiger partial charge in [-0.3, -0.25) is 4.98 Å². The summed E-state index contributed by atoms with van der Waals surface area (Å²) >= 11 is 0. The molecule has 46 heavy (non-hydrogen) atoms. The number of nitrogens with zero attached hydrogens (tertiary/aromatic N) is 2. The highest BCUT2D eigenvalue weighted by Crippen LogP contribution is 2.28. The lowest BCUT2D eigenvalue weighted by atomic mass is 10.0. The maximum absolute atomic E-state index is 4.23. The average Bonchev–Trinajstić information content (AvgIpc) is 3.55. The van der Waals surface area contributed by atoms with Gasteiger partial charge in [-0.25, -0.2) is 0 Å². The van der Waals surface area contributed by atoms with E-state index in [1.165, 1.54) is 50.0 Å². The van der Waals surface area contributed by atoms with Crippen molar-refractivity contribution < 1.29 is 0 Å². The smallest absolute Gasteiger partial charge is 0.0528 e. The molecule has 0 saturated heterocycles. The van der Waals surface area contributed by atoms with Crippen molar-refractivity contribution in [3.8, 4) is 27.9 Å². The second-order valence-electron chi connectivity index (χ2n) is 10.3. The van der Waals surface area contributed by atoms with E-state index >= 15 is 0 Å². The monoisotopic (exact) mass is 608 g/mol. The van der Waals surface area contributed by atoms with Crippen LogP contribution in [0.4, 0.5) is 0 Å². The van der Waals surface area contributed by atoms with E-state index in [1.54, 1.807) is 6.20 Å². The number of fused-ring (bicyclic) bond motifs is 1. The highest BCUT2D eigenvalue weighted by Gasteiger charge is 2.06. The van der Waals surface area contributed by atoms with Gasteiger partial charge in [-0.1, -0.05) is 141 Å². The van der Waals surface area contributed by atoms with Crippen LogP contribution in [0, 0.1) is 13.8 Å². The molecule has 0 atom stereocenters. The Kier molecular flexibility index (Phi) is 16.9. The van der Waals surface area contributed by atoms with Gasteiger partial charge in [0.15, 0.2) is 0 Å². The van der Waals surface area contributed by atoms with Gasteiger partial charge in [0.1, 0.15) is 0 Å². The molecule has 2 nitrogen and oxygen atoms in total. The summed E-state index contributed by atoms with van der Waals surface area (Å²) in [7, 11) is 0. The number of hydrogen-bond acceptors (Lipinski definition) is 1. The van der Waals surface area contributed by atoms with Crippen LogP contribution >= 0.6 is 0 Å². The van der Waals surface area contributed by atoms with E-state index < -0.39 is 0 Å². The molecule has 0 aliphatic heterocycles. The van der Waals surface area contributed by atoms with Crippen LogP contribution < -0.4 is 0 Å². The summed E-state index contributed by atoms with van der Waals surface area (Å²) in [5.74, 6) is 0. The molecule has 238 valence electrons. The Balaban J connectivity index is 0.000000338. The van der Waals surface area contributed by atoms with Crippen molar-refractivity contribution >= 4 is 10.9 Å². The molecule has 6 aromatic rings. The molecule has 0 aliphatic rings. The molecule has 0 amide bonds. The predicted octanol–water partition coefficient (Wildman–Crippen LogP) is 13.2. The Morgan fingerprint density at radius 1 is 0.609 bits per heavy atom. The Morgan fingerprint density at radius 2 is 1.20 bits per heavy atom. The summed E-state index contributed by atoms with van der Waals surface area (Å²) in [5.41, 5.74) is 11.1. The van der Waals surface area contributed by atoms with Gasteiger partial charge in [0.25, 0.3) is 0 Å². The van der Waals surface area contributed by atoms with Crippen LogP contribution in [-0.4, -0.2) is 9.55 Å². The molecule has 0 N–H and O–H groups in total. The highest BCUT2D eigenvalue weighted by molar-refractivity contribution is 5.87. The van der Waals surface area contributed by atoms with Gasteiger partial charge in [-0.15, -0.1) is 0 Å². The number of benzene rings is 4. The number of aromatic nitrogens is 2. The summed E-state index contributed by atoms with van der Waals surface area (Å²) in [6.45, 7) is 18.3. The third kappa shape index (κ3) is 11.5. The van der Waals surface area contributed by atoms with Crippen molar-refractivity contribution in [2.75, 3.05) is 0 Å². The molecule has 0 saturated carbocycles. The minimum absolute atomic E-state index is 1.14. The summed E-state index contributed by atoms with van der Waals surface area (Å²) in [4.78, 5) is 4.23. The molecular weight excluding hydrogens is 556 g/mol. The van der Waals surface area contributed by atoms with Gasteiger partial charge >= 0.3 is 0 Å². The Labute approximate surface area is 278 Å². The fourth-order valence-corrected chi connectivity index (χ4v) is 4.53. The van der Waals surface area contributed by atoms with Gasteiger partial charge in [0.05, 0.1) is 5.52 Å². The molecule has 0 bridgehead atoms. The quantitative estimate of drug-likeness (QED) is 0.182. The van der Waals surface area contributed by atoms with Gasteiger partial charge in [-0.05, 0) is 87.7 Å². The summed E-state index contributed by atoms with van der Waals surface area (Å²) in [6, 6.07) is 40.5. The molecule has 0 radical (unpaired) electrons. The molecule has 0 unspecified atom stereocenters. The van der Waals surface area contributed by atoms with Crippen LogP contribution in [0.2, 0.25) is 0 Å². The highest BCUT2D eigenvalue weighted by atomic mass is 15.0. The molecule has 0 spiro atoms. The molecule has 2 aromatic heterocycles. The standard InChI is InChI=1S/C26H20N2.C7H8.C7H12.2C2H6/c1-19-4-6-20(7-5-19)21-8-11-25(12-9-21)28-16-14-23-17-22(10-13-26(23)28)24-3-2-15-27-18-24;1-7-5-3-2-4-6-7;1-4-6-7(3)5-2;2*1-2/h2-18H,1H3;2-6H,1H3;4-6H,1-3H3;2*1-2H3/b;;6-4-,7-5-;;. The van der Waals surface area contributed by atoms with E-state index in [0.29, 0.717) is 0 Å². The van der Waals surface area contributed by atoms with E-state index in [-0.39, 0.29) is 0 Å². The zero-order chi connectivity index (χ0) is 33.7. The lowest BCUT2D eigenvalue weighted by molar-refractivity contribution is 1.13. The number of allylic oxidation sites excluding steroid dienone is 4. The first-order valence-corrected chi connectivity index (χ1v) is 16.4. The van der Waals surface area contributed by atoms with Crippen LogP contribution in [-0.2, 0) is 0 Å². The van der Waals surface area contributed by atoms with Crippen LogP contribution in [0.25, 0.3) is 38.8 Å². The summed E-state index contributed by atoms with van der Waals surface area (Å²) < 4.78 is 2.24. The van der Waals surface area contributed by atoms with Crippen LogP contribution in [0.5, 0.6) is 0 Å². The second-order valence-corrected chi connectivity index (χ2v) is 10.3. The minimum Gasteiger partial charge on any atom is -0.317 e. The van der Waals surface area contributed by atoms with Crippen molar-refractivity contribution in [2.45, 2.75) is 62.3 Å². The second kappa shape index (κ2) is 20.9. The Hall–Kier alpha value is -4.95. The van der Waals surface area contributed by atoms with Crippen LogP contribution in [0.1, 0.15) is 59.6 Å². The van der Waals surface area contributed by atoms with Crippen molar-refractivity contribution in [3.63, 3.8) is 0 Å². The van der Waals surface area contributed by atoms with Crippen LogP contribution in [0.3, 0.4) is 0 Å². The first kappa shape index (κ1) is 37.2. The van der Waals surface area contributed by atoms with E-state index in [9.17, 15) is 0 Å². The molecule has 0 aliphatic carbocycles. The molecule has 4 aromatic carbocycles. The Morgan fingerprint density at radius 3 is 1.70 bits per heavy atom. The molecule has 0 fully saturated rings. The maximum Gasteiger partial charge on any atom is 0.0528 e. The molecule has 6 rings (SSSR count). The zero-order valence-corrected chi connectivity index (χ0v) is 29.3. The van der Waals surface area contributed by atoms with Gasteiger partial charge in [-0.2, -0.15) is 0 Å². The van der Waals surface area contributed by atoms with E-state index in [1.807, 2.05) is 78.1 Å². The lowest BCUT2D eigenvalue weighted by Crippen LogP contribution is -1.91. The van der Waals surface area contributed by atoms with Gasteiger partial charge in [0, 0.05) is 35.2 Å². The van der Waals surface area contributed by atoms with E-state index in [2.05, 4.69) is 140 Å². The van der Waals surface area contributed by atoms with Crippen molar-refractivity contribution in [1.82, 2.24) is 9.55 Å². The van der Waals surface area contributed by atoms with Gasteiger partial charge < -0.3 is 4.57 Å². The largest absolute Gasteiger partial charge is 0.317 e. The third-order valence-corrected chi connectivity index (χ3v) is 7.04. The number of hydrogen-bond donors (Lipinski definition) is 0. The minimum atomic E-state index is 1.14. The third-order valence-electron chi connectivity index (χ3n) is 7.04. The Bertz CT molecular complexity index is 1720. The SMILES string of the molecule is C/C=C\C(C)=C/C.CC.CC.Cc1ccc(-c2ccc(-n3ccc4cc(-c5cccnc5)ccc43)cc2)cc1.Cc1ccccc1. The first-order chi connectivity index (χ1) is 22.5. The van der Waals surface area contributed by atoms with E-state index in [0.717, 1.165) is 5.56 Å². The topological polar surface area (TPSA) is 17.8 Å². The van der Waals surface area contributed by atoms with Gasteiger partial charge in [0.2, 0.25) is 0 Å². The van der Waals surface area contributed by atoms with Crippen molar-refractivity contribution in [3.05, 3.63) is 169 Å². The summed E-state index contributed by atoms with van der Waals surface area (Å²) in [6.07, 6.45) is 12.1. The number of aryl methyl sites for hydroxylation is 2. The normalized spacial score (nSPS) is 10.3. The van der Waals surface area contributed by atoms with E-state index in [4.69, 9.17) is 0 Å². The first-order valence-electron chi connectivity index (χ1n) is 16.4. The lowest BCUT2D eigenvalue weighted by Gasteiger charge is -2.09. The number of pyridine rings is 1. The molecule has 2 heterocycles. The fourth-order valence-electron chi connectivity index (χ4n) is 4.53. The number of rotatable bonds is 4. The summed E-state index contributed by atoms with van der Waals surface area (Å²) in [5, 5.41) is 1.23. The van der Waals surface area contributed by atoms with Crippen molar-refractivity contribution in [2.24, 2.45) is 0 Å². The predicted molar refractivity (Wildman–Crippen MR) is 205 cm³/mol. The van der Waals surface area contributed by atoms with Crippen molar-refractivity contribution in [1.29, 1.82) is 0 Å². The fraction of sp³-hybridized carbons (Fsp3) is 0.205. The zero-order valence-electron chi connectivity index (χ0n) is 29.3. The molecule has 2 heteroatoms. The average molecular weight is 609 g/mol. The van der Waals surface area contributed by atoms with Crippen LogP contribution in [0.15, 0.2) is 158 Å². The molecular formula is C44H52N2.